The van der Waals surface area contributed by atoms with Crippen molar-refractivity contribution in [2.45, 2.75) is 70.8 Å². The van der Waals surface area contributed by atoms with Gasteiger partial charge in [-0.2, -0.15) is 4.98 Å². The maximum Gasteiger partial charge on any atom is 0.243 e. The van der Waals surface area contributed by atoms with Crippen LogP contribution in [0.3, 0.4) is 0 Å². The second kappa shape index (κ2) is 6.25. The van der Waals surface area contributed by atoms with Gasteiger partial charge < -0.3 is 9.84 Å². The Morgan fingerprint density at radius 3 is 2.95 bits per heavy atom. The predicted molar refractivity (Wildman–Crippen MR) is 78.4 cm³/mol. The summed E-state index contributed by atoms with van der Waals surface area (Å²) in [5.41, 5.74) is 0. The number of aromatic nitrogens is 2. The smallest absolute Gasteiger partial charge is 0.243 e. The third-order valence-corrected chi connectivity index (χ3v) is 5.15. The molecule has 1 aliphatic carbocycles. The Kier molecular flexibility index (Phi) is 4.39. The third kappa shape index (κ3) is 3.05. The minimum absolute atomic E-state index is 0.269. The molecule has 2 fully saturated rings. The van der Waals surface area contributed by atoms with Crippen molar-refractivity contribution in [1.82, 2.24) is 15.5 Å². The fourth-order valence-electron chi connectivity index (χ4n) is 3.75. The lowest BCUT2D eigenvalue weighted by molar-refractivity contribution is 0.257. The summed E-state index contributed by atoms with van der Waals surface area (Å²) in [6, 6.07) is 0.269. The molecule has 2 heterocycles. The van der Waals surface area contributed by atoms with Gasteiger partial charge in [0.15, 0.2) is 5.82 Å². The maximum absolute atomic E-state index is 5.55. The Bertz CT molecular complexity index is 431. The van der Waals surface area contributed by atoms with Crippen LogP contribution < -0.4 is 5.32 Å². The van der Waals surface area contributed by atoms with Gasteiger partial charge in [0, 0.05) is 5.92 Å². The first-order valence-electron chi connectivity index (χ1n) is 8.33. The lowest BCUT2D eigenvalue weighted by Gasteiger charge is -2.26. The van der Waals surface area contributed by atoms with Crippen LogP contribution in [0.5, 0.6) is 0 Å². The van der Waals surface area contributed by atoms with Crippen molar-refractivity contribution < 1.29 is 4.52 Å². The van der Waals surface area contributed by atoms with Gasteiger partial charge in [-0.3, -0.25) is 0 Å². The minimum Gasteiger partial charge on any atom is -0.338 e. The van der Waals surface area contributed by atoms with Gasteiger partial charge in [-0.15, -0.1) is 0 Å². The summed E-state index contributed by atoms with van der Waals surface area (Å²) in [5.74, 6) is 3.88. The monoisotopic (exact) mass is 277 g/mol. The van der Waals surface area contributed by atoms with Crippen LogP contribution in [0.2, 0.25) is 0 Å². The first-order valence-corrected chi connectivity index (χ1v) is 8.33. The number of nitrogens with one attached hydrogen (secondary N) is 1. The van der Waals surface area contributed by atoms with Gasteiger partial charge in [-0.25, -0.2) is 0 Å². The molecule has 1 aromatic rings. The number of nitrogens with zero attached hydrogens (tertiary/aromatic N) is 2. The van der Waals surface area contributed by atoms with Crippen LogP contribution in [-0.2, 0) is 0 Å². The van der Waals surface area contributed by atoms with Crippen molar-refractivity contribution in [3.63, 3.8) is 0 Å². The zero-order valence-electron chi connectivity index (χ0n) is 12.8. The molecule has 4 unspecified atom stereocenters. The molecule has 0 bridgehead atoms. The highest BCUT2D eigenvalue weighted by molar-refractivity contribution is 5.01. The number of hydrogen-bond acceptors (Lipinski definition) is 4. The molecule has 112 valence electrons. The van der Waals surface area contributed by atoms with E-state index in [1.54, 1.807) is 0 Å². The third-order valence-electron chi connectivity index (χ3n) is 5.15. The van der Waals surface area contributed by atoms with E-state index in [9.17, 15) is 0 Å². The van der Waals surface area contributed by atoms with Crippen molar-refractivity contribution >= 4 is 0 Å². The average molecular weight is 277 g/mol. The summed E-state index contributed by atoms with van der Waals surface area (Å²) >= 11 is 0. The number of hydrogen-bond donors (Lipinski definition) is 1. The van der Waals surface area contributed by atoms with Crippen molar-refractivity contribution in [3.05, 3.63) is 11.7 Å². The normalized spacial score (nSPS) is 35.1. The molecule has 4 heteroatoms. The zero-order chi connectivity index (χ0) is 13.9. The Morgan fingerprint density at radius 2 is 2.15 bits per heavy atom. The molecule has 20 heavy (non-hydrogen) atoms. The van der Waals surface area contributed by atoms with Crippen LogP contribution in [0, 0.1) is 11.8 Å². The molecule has 4 nitrogen and oxygen atoms in total. The Labute approximate surface area is 121 Å². The van der Waals surface area contributed by atoms with Crippen molar-refractivity contribution in [2.24, 2.45) is 11.8 Å². The van der Waals surface area contributed by atoms with Gasteiger partial charge in [0.2, 0.25) is 5.89 Å². The van der Waals surface area contributed by atoms with Crippen LogP contribution in [0.1, 0.15) is 82.5 Å². The Morgan fingerprint density at radius 1 is 1.25 bits per heavy atom. The molecular formula is C16H27N3O. The van der Waals surface area contributed by atoms with Gasteiger partial charge in [-0.1, -0.05) is 38.3 Å². The lowest BCUT2D eigenvalue weighted by Crippen LogP contribution is -2.31. The van der Waals surface area contributed by atoms with E-state index in [1.807, 2.05) is 0 Å². The van der Waals surface area contributed by atoms with E-state index in [2.05, 4.69) is 24.3 Å². The highest BCUT2D eigenvalue weighted by Crippen LogP contribution is 2.37. The first-order chi connectivity index (χ1) is 9.76. The van der Waals surface area contributed by atoms with Crippen molar-refractivity contribution in [2.75, 3.05) is 6.54 Å². The van der Waals surface area contributed by atoms with Crippen LogP contribution >= 0.6 is 0 Å². The molecule has 0 radical (unpaired) electrons. The summed E-state index contributed by atoms with van der Waals surface area (Å²) in [5, 5.41) is 7.79. The van der Waals surface area contributed by atoms with E-state index in [0.29, 0.717) is 5.92 Å². The second-order valence-electron chi connectivity index (χ2n) is 6.76. The van der Waals surface area contributed by atoms with Gasteiger partial charge in [0.05, 0.1) is 6.04 Å². The predicted octanol–water partition coefficient (Wildman–Crippen LogP) is 3.81. The summed E-state index contributed by atoms with van der Waals surface area (Å²) < 4.78 is 5.55. The Hall–Kier alpha value is -0.900. The van der Waals surface area contributed by atoms with Gasteiger partial charge in [0.1, 0.15) is 0 Å². The molecule has 1 saturated heterocycles. The van der Waals surface area contributed by atoms with E-state index >= 15 is 0 Å². The topological polar surface area (TPSA) is 51.0 Å². The minimum atomic E-state index is 0.269. The van der Waals surface area contributed by atoms with E-state index in [0.717, 1.165) is 36.5 Å². The summed E-state index contributed by atoms with van der Waals surface area (Å²) in [6.45, 7) is 5.66. The second-order valence-corrected chi connectivity index (χ2v) is 6.76. The number of piperidine rings is 1. The highest BCUT2D eigenvalue weighted by atomic mass is 16.5. The van der Waals surface area contributed by atoms with Crippen LogP contribution in [0.4, 0.5) is 0 Å². The molecule has 2 aliphatic rings. The van der Waals surface area contributed by atoms with Crippen molar-refractivity contribution in [3.8, 4) is 0 Å². The van der Waals surface area contributed by atoms with Gasteiger partial charge >= 0.3 is 0 Å². The van der Waals surface area contributed by atoms with E-state index < -0.39 is 0 Å². The standard InChI is InChI=1S/C16H27N3O/c1-3-12-5-4-6-13(10-12)15-18-16(20-19-15)14-9-11(2)7-8-17-14/h11-14,17H,3-10H2,1-2H3. The molecule has 1 N–H and O–H groups in total. The molecule has 3 rings (SSSR count). The molecule has 0 amide bonds. The van der Waals surface area contributed by atoms with Crippen molar-refractivity contribution in [1.29, 1.82) is 0 Å². The summed E-state index contributed by atoms with van der Waals surface area (Å²) in [4.78, 5) is 4.72. The molecule has 0 spiro atoms. The molecule has 1 aliphatic heterocycles. The first kappa shape index (κ1) is 14.1. The van der Waals surface area contributed by atoms with E-state index in [-0.39, 0.29) is 6.04 Å². The molecule has 0 aromatic carbocycles. The Balaban J connectivity index is 1.66. The van der Waals surface area contributed by atoms with Gasteiger partial charge in [0.25, 0.3) is 0 Å². The maximum atomic E-state index is 5.55. The van der Waals surface area contributed by atoms with E-state index in [4.69, 9.17) is 9.51 Å². The summed E-state index contributed by atoms with van der Waals surface area (Å²) in [6.07, 6.45) is 8.80. The lowest BCUT2D eigenvalue weighted by atomic mass is 9.80. The quantitative estimate of drug-likeness (QED) is 0.912. The SMILES string of the molecule is CCC1CCCC(c2noc(C3CC(C)CCN3)n2)C1. The molecular weight excluding hydrogens is 250 g/mol. The molecule has 1 aromatic heterocycles. The van der Waals surface area contributed by atoms with Crippen LogP contribution in [-0.4, -0.2) is 16.7 Å². The van der Waals surface area contributed by atoms with Crippen LogP contribution in [0.25, 0.3) is 0 Å². The highest BCUT2D eigenvalue weighted by Gasteiger charge is 2.29. The largest absolute Gasteiger partial charge is 0.338 e. The molecule has 1 saturated carbocycles. The fraction of sp³-hybridized carbons (Fsp3) is 0.875. The van der Waals surface area contributed by atoms with E-state index in [1.165, 1.54) is 38.5 Å². The summed E-state index contributed by atoms with van der Waals surface area (Å²) in [7, 11) is 0. The number of rotatable bonds is 3. The zero-order valence-corrected chi connectivity index (χ0v) is 12.8. The molecule has 4 atom stereocenters. The van der Waals surface area contributed by atoms with Gasteiger partial charge in [-0.05, 0) is 44.1 Å². The van der Waals surface area contributed by atoms with Crippen LogP contribution in [0.15, 0.2) is 4.52 Å². The fourth-order valence-corrected chi connectivity index (χ4v) is 3.75. The average Bonchev–Trinajstić information content (AvgIpc) is 2.97.